The van der Waals surface area contributed by atoms with E-state index >= 15 is 0 Å². The van der Waals surface area contributed by atoms with Crippen molar-refractivity contribution in [2.24, 2.45) is 0 Å². The minimum Gasteiger partial charge on any atom is -0.507 e. The molecule has 2 rings (SSSR count). The average molecular weight is 320 g/mol. The second-order valence-corrected chi connectivity index (χ2v) is 4.89. The third-order valence-electron chi connectivity index (χ3n) is 2.80. The molecule has 0 bridgehead atoms. The first-order chi connectivity index (χ1) is 10.6. The Morgan fingerprint density at radius 3 is 2.64 bits per heavy atom. The number of anilines is 1. The number of rotatable bonds is 5. The summed E-state index contributed by atoms with van der Waals surface area (Å²) in [7, 11) is 0. The van der Waals surface area contributed by atoms with E-state index in [0.717, 1.165) is 0 Å². The number of hydrogen-bond donors (Lipinski definition) is 3. The average Bonchev–Trinajstić information content (AvgIpc) is 2.50. The second kappa shape index (κ2) is 7.42. The van der Waals surface area contributed by atoms with E-state index in [1.54, 1.807) is 24.5 Å². The summed E-state index contributed by atoms with van der Waals surface area (Å²) in [6.45, 7) is 0.141. The lowest BCUT2D eigenvalue weighted by Gasteiger charge is -2.08. The van der Waals surface area contributed by atoms with Crippen molar-refractivity contribution in [1.29, 1.82) is 0 Å². The van der Waals surface area contributed by atoms with Gasteiger partial charge in [0.05, 0.1) is 5.56 Å². The first-order valence-electron chi connectivity index (χ1n) is 6.53. The molecular formula is C15H14ClN3O3. The first kappa shape index (κ1) is 15.8. The summed E-state index contributed by atoms with van der Waals surface area (Å²) < 4.78 is 0. The molecule has 22 heavy (non-hydrogen) atoms. The van der Waals surface area contributed by atoms with Crippen LogP contribution < -0.4 is 10.6 Å². The molecule has 2 amide bonds. The van der Waals surface area contributed by atoms with Gasteiger partial charge in [0.1, 0.15) is 5.75 Å². The van der Waals surface area contributed by atoms with Crippen molar-refractivity contribution in [1.82, 2.24) is 10.3 Å². The van der Waals surface area contributed by atoms with Crippen molar-refractivity contribution in [3.63, 3.8) is 0 Å². The zero-order chi connectivity index (χ0) is 15.9. The number of pyridine rings is 1. The topological polar surface area (TPSA) is 91.3 Å². The number of phenols is 1. The van der Waals surface area contributed by atoms with E-state index < -0.39 is 5.91 Å². The molecule has 0 radical (unpaired) electrons. The van der Waals surface area contributed by atoms with Gasteiger partial charge in [-0.2, -0.15) is 0 Å². The summed E-state index contributed by atoms with van der Waals surface area (Å²) in [4.78, 5) is 27.4. The lowest BCUT2D eigenvalue weighted by atomic mass is 10.2. The van der Waals surface area contributed by atoms with Crippen LogP contribution in [0.15, 0.2) is 42.7 Å². The highest BCUT2D eigenvalue weighted by Crippen LogP contribution is 2.21. The molecule has 6 nitrogen and oxygen atoms in total. The molecule has 0 spiro atoms. The number of nitrogens with zero attached hydrogens (tertiary/aromatic N) is 1. The lowest BCUT2D eigenvalue weighted by molar-refractivity contribution is -0.116. The summed E-state index contributed by atoms with van der Waals surface area (Å²) in [6, 6.07) is 7.52. The van der Waals surface area contributed by atoms with E-state index in [-0.39, 0.29) is 30.2 Å². The van der Waals surface area contributed by atoms with Crippen LogP contribution in [0.3, 0.4) is 0 Å². The van der Waals surface area contributed by atoms with E-state index in [4.69, 9.17) is 11.6 Å². The molecule has 3 N–H and O–H groups in total. The predicted octanol–water partition coefficient (Wildman–Crippen LogP) is 2.20. The Kier molecular flexibility index (Phi) is 5.32. The molecule has 7 heteroatoms. The van der Waals surface area contributed by atoms with Crippen LogP contribution in [0.1, 0.15) is 16.8 Å². The number of carbonyl (C=O) groups is 2. The smallest absolute Gasteiger partial charge is 0.255 e. The molecule has 0 fully saturated rings. The monoisotopic (exact) mass is 319 g/mol. The molecule has 0 aliphatic rings. The number of carbonyl (C=O) groups excluding carboxylic acids is 2. The molecule has 2 aromatic rings. The minimum absolute atomic E-state index is 0.0713. The van der Waals surface area contributed by atoms with Gasteiger partial charge < -0.3 is 15.7 Å². The van der Waals surface area contributed by atoms with Crippen molar-refractivity contribution >= 4 is 29.1 Å². The molecule has 0 saturated carbocycles. The Bertz CT molecular complexity index is 677. The fourth-order valence-corrected chi connectivity index (χ4v) is 1.91. The van der Waals surface area contributed by atoms with Crippen LogP contribution >= 0.6 is 11.6 Å². The minimum atomic E-state index is -0.489. The van der Waals surface area contributed by atoms with E-state index in [1.165, 1.54) is 18.2 Å². The fourth-order valence-electron chi connectivity index (χ4n) is 1.73. The maximum atomic E-state index is 11.9. The maximum absolute atomic E-state index is 11.9. The van der Waals surface area contributed by atoms with Gasteiger partial charge in [-0.05, 0) is 30.3 Å². The number of nitrogens with one attached hydrogen (secondary N) is 2. The first-order valence-corrected chi connectivity index (χ1v) is 6.90. The van der Waals surface area contributed by atoms with Crippen molar-refractivity contribution < 1.29 is 14.7 Å². The zero-order valence-corrected chi connectivity index (χ0v) is 12.3. The number of hydrogen-bond acceptors (Lipinski definition) is 4. The highest BCUT2D eigenvalue weighted by molar-refractivity contribution is 6.31. The Balaban J connectivity index is 1.82. The summed E-state index contributed by atoms with van der Waals surface area (Å²) in [5.41, 5.74) is 0.709. The van der Waals surface area contributed by atoms with Gasteiger partial charge in [0.25, 0.3) is 5.91 Å². The number of amides is 2. The summed E-state index contributed by atoms with van der Waals surface area (Å²) in [5, 5.41) is 15.2. The molecule has 0 aliphatic carbocycles. The second-order valence-electron chi connectivity index (χ2n) is 4.45. The van der Waals surface area contributed by atoms with E-state index in [9.17, 15) is 14.7 Å². The summed E-state index contributed by atoms with van der Waals surface area (Å²) in [6.07, 6.45) is 3.24. The standard InChI is InChI=1S/C15H14ClN3O3/c16-10-1-2-13(20)12(9-10)15(22)18-8-5-14(21)19-11-3-6-17-7-4-11/h1-4,6-7,9,20H,5,8H2,(H,18,22)(H,17,19,21). The number of phenolic OH excluding ortho intramolecular Hbond substituents is 1. The fraction of sp³-hybridized carbons (Fsp3) is 0.133. The molecule has 114 valence electrons. The highest BCUT2D eigenvalue weighted by Gasteiger charge is 2.12. The van der Waals surface area contributed by atoms with Crippen molar-refractivity contribution in [3.8, 4) is 5.75 Å². The third kappa shape index (κ3) is 4.46. The van der Waals surface area contributed by atoms with Crippen LogP contribution in [0.4, 0.5) is 5.69 Å². The molecule has 0 saturated heterocycles. The van der Waals surface area contributed by atoms with Crippen molar-refractivity contribution in [3.05, 3.63) is 53.3 Å². The quantitative estimate of drug-likeness (QED) is 0.788. The summed E-state index contributed by atoms with van der Waals surface area (Å²) >= 11 is 5.78. The van der Waals surface area contributed by atoms with Gasteiger partial charge >= 0.3 is 0 Å². The van der Waals surface area contributed by atoms with Gasteiger partial charge in [0.2, 0.25) is 5.91 Å². The molecule has 1 aromatic carbocycles. The number of halogens is 1. The number of aromatic hydroxyl groups is 1. The molecule has 1 aromatic heterocycles. The zero-order valence-electron chi connectivity index (χ0n) is 11.5. The molecule has 0 unspecified atom stereocenters. The van der Waals surface area contributed by atoms with Crippen molar-refractivity contribution in [2.45, 2.75) is 6.42 Å². The van der Waals surface area contributed by atoms with Crippen LogP contribution in [0.2, 0.25) is 5.02 Å². The van der Waals surface area contributed by atoms with Crippen molar-refractivity contribution in [2.75, 3.05) is 11.9 Å². The normalized spacial score (nSPS) is 10.0. The van der Waals surface area contributed by atoms with Gasteiger partial charge in [-0.25, -0.2) is 0 Å². The molecule has 1 heterocycles. The molecular weight excluding hydrogens is 306 g/mol. The predicted molar refractivity (Wildman–Crippen MR) is 82.9 cm³/mol. The van der Waals surface area contributed by atoms with E-state index in [2.05, 4.69) is 15.6 Å². The number of aromatic nitrogens is 1. The van der Waals surface area contributed by atoms with Gasteiger partial charge in [-0.1, -0.05) is 11.6 Å². The largest absolute Gasteiger partial charge is 0.507 e. The maximum Gasteiger partial charge on any atom is 0.255 e. The summed E-state index contributed by atoms with van der Waals surface area (Å²) in [5.74, 6) is -0.887. The van der Waals surface area contributed by atoms with Crippen LogP contribution in [-0.4, -0.2) is 28.4 Å². The van der Waals surface area contributed by atoms with Crippen LogP contribution in [0.5, 0.6) is 5.75 Å². The van der Waals surface area contributed by atoms with E-state index in [0.29, 0.717) is 10.7 Å². The van der Waals surface area contributed by atoms with Crippen LogP contribution in [0, 0.1) is 0 Å². The van der Waals surface area contributed by atoms with Gasteiger partial charge in [-0.15, -0.1) is 0 Å². The van der Waals surface area contributed by atoms with Gasteiger partial charge in [0.15, 0.2) is 0 Å². The third-order valence-corrected chi connectivity index (χ3v) is 3.04. The Hall–Kier alpha value is -2.60. The van der Waals surface area contributed by atoms with E-state index in [1.807, 2.05) is 0 Å². The molecule has 0 atom stereocenters. The van der Waals surface area contributed by atoms with Crippen LogP contribution in [-0.2, 0) is 4.79 Å². The number of benzene rings is 1. The molecule has 0 aliphatic heterocycles. The lowest BCUT2D eigenvalue weighted by Crippen LogP contribution is -2.27. The SMILES string of the molecule is O=C(CCNC(=O)c1cc(Cl)ccc1O)Nc1ccncc1. The van der Waals surface area contributed by atoms with Crippen LogP contribution in [0.25, 0.3) is 0 Å². The Labute approximate surface area is 132 Å². The van der Waals surface area contributed by atoms with Gasteiger partial charge in [-0.3, -0.25) is 14.6 Å². The highest BCUT2D eigenvalue weighted by atomic mass is 35.5. The Morgan fingerprint density at radius 1 is 1.18 bits per heavy atom. The Morgan fingerprint density at radius 2 is 1.91 bits per heavy atom. The van der Waals surface area contributed by atoms with Gasteiger partial charge in [0, 0.05) is 36.1 Å².